The number of nitrogens with zero attached hydrogens (tertiary/aromatic N) is 2. The van der Waals surface area contributed by atoms with Crippen molar-refractivity contribution in [3.05, 3.63) is 76.0 Å². The smallest absolute Gasteiger partial charge is 0.272 e. The highest BCUT2D eigenvalue weighted by molar-refractivity contribution is 9.10. The number of hydrogen-bond donors (Lipinski definition) is 1. The Morgan fingerprint density at radius 3 is 2.54 bits per heavy atom. The summed E-state index contributed by atoms with van der Waals surface area (Å²) in [5.74, 6) is -0.495. The minimum Gasteiger partial charge on any atom is -0.505 e. The first-order chi connectivity index (χ1) is 13.3. The topological polar surface area (TPSA) is 72.2 Å². The monoisotopic (exact) mass is 476 g/mol. The molecule has 2 heterocycles. The molecule has 0 bridgehead atoms. The van der Waals surface area contributed by atoms with E-state index in [9.17, 15) is 13.5 Å². The Morgan fingerprint density at radius 1 is 1.11 bits per heavy atom. The van der Waals surface area contributed by atoms with E-state index in [2.05, 4.69) is 20.9 Å². The highest BCUT2D eigenvalue weighted by Crippen LogP contribution is 2.38. The van der Waals surface area contributed by atoms with Gasteiger partial charge in [0, 0.05) is 16.1 Å². The van der Waals surface area contributed by atoms with Crippen LogP contribution in [0.3, 0.4) is 0 Å². The molecule has 0 fully saturated rings. The predicted octanol–water partition coefficient (Wildman–Crippen LogP) is 5.37. The molecular weight excluding hydrogens is 464 g/mol. The van der Waals surface area contributed by atoms with Gasteiger partial charge in [-0.25, -0.2) is 12.4 Å². The van der Waals surface area contributed by atoms with E-state index in [0.717, 1.165) is 16.5 Å². The molecule has 1 N–H and O–H groups in total. The van der Waals surface area contributed by atoms with Gasteiger partial charge in [-0.2, -0.15) is 0 Å². The van der Waals surface area contributed by atoms with E-state index < -0.39 is 15.8 Å². The maximum Gasteiger partial charge on any atom is 0.272 e. The minimum absolute atomic E-state index is 0.0561. The number of pyridine rings is 1. The molecule has 0 saturated heterocycles. The van der Waals surface area contributed by atoms with Crippen LogP contribution in [0, 0.1) is 6.92 Å². The first kappa shape index (κ1) is 19.0. The molecule has 4 aromatic rings. The Bertz CT molecular complexity index is 1320. The second kappa shape index (κ2) is 6.92. The van der Waals surface area contributed by atoms with Gasteiger partial charge >= 0.3 is 0 Å². The first-order valence-electron chi connectivity index (χ1n) is 8.25. The second-order valence-electron chi connectivity index (χ2n) is 6.33. The van der Waals surface area contributed by atoms with Crippen molar-refractivity contribution in [1.29, 1.82) is 0 Å². The molecule has 28 heavy (non-hydrogen) atoms. The summed E-state index contributed by atoms with van der Waals surface area (Å²) in [6.07, 6.45) is 3.09. The van der Waals surface area contributed by atoms with Crippen LogP contribution in [-0.2, 0) is 10.0 Å². The Hall–Kier alpha value is -2.35. The molecule has 0 saturated carbocycles. The fraction of sp³-hybridized carbons (Fsp3) is 0.0500. The highest BCUT2D eigenvalue weighted by atomic mass is 79.9. The van der Waals surface area contributed by atoms with Gasteiger partial charge in [0.25, 0.3) is 10.0 Å². The van der Waals surface area contributed by atoms with E-state index in [4.69, 9.17) is 11.6 Å². The lowest BCUT2D eigenvalue weighted by Crippen LogP contribution is -2.14. The summed E-state index contributed by atoms with van der Waals surface area (Å²) in [6, 6.07) is 13.8. The van der Waals surface area contributed by atoms with Crippen molar-refractivity contribution in [2.24, 2.45) is 0 Å². The van der Waals surface area contributed by atoms with E-state index in [1.54, 1.807) is 18.3 Å². The van der Waals surface area contributed by atoms with E-state index in [-0.39, 0.29) is 9.92 Å². The Kier molecular flexibility index (Phi) is 4.69. The van der Waals surface area contributed by atoms with Gasteiger partial charge in [0.05, 0.1) is 22.4 Å². The lowest BCUT2D eigenvalue weighted by molar-refractivity contribution is 0.458. The molecule has 0 aliphatic rings. The van der Waals surface area contributed by atoms with Gasteiger partial charge in [-0.15, -0.1) is 0 Å². The second-order valence-corrected chi connectivity index (χ2v) is 9.41. The van der Waals surface area contributed by atoms with Gasteiger partial charge < -0.3 is 5.11 Å². The number of halogens is 2. The number of aryl methyl sites for hydroxylation is 1. The fourth-order valence-corrected chi connectivity index (χ4v) is 5.72. The Labute approximate surface area is 175 Å². The number of aromatic hydroxyl groups is 1. The van der Waals surface area contributed by atoms with Crippen molar-refractivity contribution < 1.29 is 13.5 Å². The molecule has 0 aliphatic heterocycles. The van der Waals surface area contributed by atoms with E-state index in [0.29, 0.717) is 15.7 Å². The third kappa shape index (κ3) is 3.09. The standard InChI is InChI=1S/C20H14BrClN2O3S/c1-12-2-4-13(5-3-12)17-8-14-6-7-23-11-18(14)24(17)28(26,27)19-10-15(21)9-16(22)20(19)25/h2-11,25H,1H3. The molecule has 5 nitrogen and oxygen atoms in total. The molecule has 0 atom stereocenters. The van der Waals surface area contributed by atoms with Gasteiger partial charge in [-0.1, -0.05) is 57.4 Å². The van der Waals surface area contributed by atoms with E-state index in [1.807, 2.05) is 31.2 Å². The van der Waals surface area contributed by atoms with Crippen LogP contribution in [0.2, 0.25) is 5.02 Å². The normalized spacial score (nSPS) is 11.8. The third-order valence-corrected chi connectivity index (χ3v) is 6.91. The van der Waals surface area contributed by atoms with E-state index in [1.165, 1.54) is 22.3 Å². The van der Waals surface area contributed by atoms with Gasteiger partial charge in [0.2, 0.25) is 0 Å². The molecule has 0 radical (unpaired) electrons. The van der Waals surface area contributed by atoms with Crippen molar-refractivity contribution in [2.75, 3.05) is 0 Å². The van der Waals surface area contributed by atoms with Crippen molar-refractivity contribution in [3.63, 3.8) is 0 Å². The highest BCUT2D eigenvalue weighted by Gasteiger charge is 2.28. The molecule has 0 aliphatic carbocycles. The minimum atomic E-state index is -4.17. The number of hydrogen-bond acceptors (Lipinski definition) is 4. The molecule has 2 aromatic carbocycles. The Morgan fingerprint density at radius 2 is 1.82 bits per heavy atom. The van der Waals surface area contributed by atoms with Gasteiger partial charge in [-0.3, -0.25) is 4.98 Å². The lowest BCUT2D eigenvalue weighted by atomic mass is 10.1. The number of rotatable bonds is 3. The average molecular weight is 478 g/mol. The van der Waals surface area contributed by atoms with Crippen LogP contribution < -0.4 is 0 Å². The summed E-state index contributed by atoms with van der Waals surface area (Å²) in [5.41, 5.74) is 2.67. The van der Waals surface area contributed by atoms with Crippen LogP contribution in [0.4, 0.5) is 0 Å². The van der Waals surface area contributed by atoms with Gasteiger partial charge in [-0.05, 0) is 36.8 Å². The van der Waals surface area contributed by atoms with Crippen LogP contribution >= 0.6 is 27.5 Å². The number of aromatic nitrogens is 2. The van der Waals surface area contributed by atoms with Crippen molar-refractivity contribution in [1.82, 2.24) is 8.96 Å². The lowest BCUT2D eigenvalue weighted by Gasteiger charge is -2.14. The van der Waals surface area contributed by atoms with Crippen molar-refractivity contribution in [2.45, 2.75) is 11.8 Å². The predicted molar refractivity (Wildman–Crippen MR) is 113 cm³/mol. The summed E-state index contributed by atoms with van der Waals surface area (Å²) in [6.45, 7) is 1.96. The number of phenolic OH excluding ortho intramolecular Hbond substituents is 1. The maximum absolute atomic E-state index is 13.6. The number of phenols is 1. The molecule has 8 heteroatoms. The number of benzene rings is 2. The molecule has 4 rings (SSSR count). The molecule has 0 spiro atoms. The molecule has 2 aromatic heterocycles. The first-order valence-corrected chi connectivity index (χ1v) is 10.9. The zero-order valence-corrected chi connectivity index (χ0v) is 17.8. The SMILES string of the molecule is Cc1ccc(-c2cc3ccncc3n2S(=O)(=O)c2cc(Br)cc(Cl)c2O)cc1. The zero-order chi connectivity index (χ0) is 20.1. The average Bonchev–Trinajstić information content (AvgIpc) is 3.05. The van der Waals surface area contributed by atoms with E-state index >= 15 is 0 Å². The largest absolute Gasteiger partial charge is 0.505 e. The van der Waals surface area contributed by atoms with Crippen LogP contribution in [0.25, 0.3) is 22.2 Å². The molecule has 142 valence electrons. The Balaban J connectivity index is 2.08. The summed E-state index contributed by atoms with van der Waals surface area (Å²) in [5, 5.41) is 11.0. The molecular formula is C20H14BrClN2O3S. The molecule has 0 unspecified atom stereocenters. The quantitative estimate of drug-likeness (QED) is 0.430. The summed E-state index contributed by atoms with van der Waals surface area (Å²) in [4.78, 5) is 3.79. The fourth-order valence-electron chi connectivity index (χ4n) is 3.05. The number of fused-ring (bicyclic) bond motifs is 1. The van der Waals surface area contributed by atoms with Crippen LogP contribution in [0.5, 0.6) is 5.75 Å². The zero-order valence-electron chi connectivity index (χ0n) is 14.6. The van der Waals surface area contributed by atoms with Crippen LogP contribution in [0.1, 0.15) is 5.56 Å². The van der Waals surface area contributed by atoms with Crippen molar-refractivity contribution in [3.8, 4) is 17.0 Å². The summed E-state index contributed by atoms with van der Waals surface area (Å²) in [7, 11) is -4.17. The third-order valence-electron chi connectivity index (χ3n) is 4.42. The van der Waals surface area contributed by atoms with Gasteiger partial charge in [0.15, 0.2) is 5.75 Å². The van der Waals surface area contributed by atoms with Crippen LogP contribution in [-0.4, -0.2) is 22.5 Å². The van der Waals surface area contributed by atoms with Gasteiger partial charge in [0.1, 0.15) is 4.90 Å². The summed E-state index contributed by atoms with van der Waals surface area (Å²) < 4.78 is 28.8. The molecule has 0 amide bonds. The van der Waals surface area contributed by atoms with Crippen molar-refractivity contribution >= 4 is 48.5 Å². The maximum atomic E-state index is 13.6. The summed E-state index contributed by atoms with van der Waals surface area (Å²) >= 11 is 9.26. The van der Waals surface area contributed by atoms with Crippen LogP contribution in [0.15, 0.2) is 70.3 Å².